The van der Waals surface area contributed by atoms with E-state index in [-0.39, 0.29) is 6.79 Å². The molecule has 0 amide bonds. The third-order valence-corrected chi connectivity index (χ3v) is 4.49. The first-order valence-corrected chi connectivity index (χ1v) is 8.97. The number of nitrogens with zero attached hydrogens (tertiary/aromatic N) is 3. The van der Waals surface area contributed by atoms with Gasteiger partial charge in [0, 0.05) is 30.5 Å². The summed E-state index contributed by atoms with van der Waals surface area (Å²) in [6.45, 7) is 1.50. The maximum Gasteiger partial charge on any atom is 0.231 e. The van der Waals surface area contributed by atoms with Crippen LogP contribution in [0, 0.1) is 0 Å². The summed E-state index contributed by atoms with van der Waals surface area (Å²) in [5.41, 5.74) is 2.94. The first kappa shape index (κ1) is 16.7. The molecule has 0 aliphatic carbocycles. The van der Waals surface area contributed by atoms with Crippen molar-refractivity contribution in [3.8, 4) is 11.5 Å². The summed E-state index contributed by atoms with van der Waals surface area (Å²) in [5, 5.41) is 6.57. The Balaban J connectivity index is 1.35. The highest BCUT2D eigenvalue weighted by atomic mass is 79.9. The largest absolute Gasteiger partial charge is 0.454 e. The molecule has 0 unspecified atom stereocenters. The highest BCUT2D eigenvalue weighted by molar-refractivity contribution is 9.10. The SMILES string of the molecule is CN=C(NCc1ccc2c(c1)OCO2)NCc1cn2cc(Br)ccc2n1. The second-order valence-corrected chi connectivity index (χ2v) is 6.73. The summed E-state index contributed by atoms with van der Waals surface area (Å²) in [4.78, 5) is 8.84. The van der Waals surface area contributed by atoms with Crippen molar-refractivity contribution in [1.29, 1.82) is 0 Å². The van der Waals surface area contributed by atoms with Crippen molar-refractivity contribution in [2.24, 2.45) is 4.99 Å². The molecule has 134 valence electrons. The summed E-state index contributed by atoms with van der Waals surface area (Å²) >= 11 is 3.47. The van der Waals surface area contributed by atoms with Gasteiger partial charge in [0.15, 0.2) is 17.5 Å². The molecule has 2 N–H and O–H groups in total. The third kappa shape index (κ3) is 3.60. The van der Waals surface area contributed by atoms with Crippen LogP contribution in [0.1, 0.15) is 11.3 Å². The molecular formula is C18H18BrN5O2. The summed E-state index contributed by atoms with van der Waals surface area (Å²) in [6, 6.07) is 9.85. The van der Waals surface area contributed by atoms with Crippen molar-refractivity contribution < 1.29 is 9.47 Å². The predicted octanol–water partition coefficient (Wildman–Crippen LogP) is 2.69. The molecule has 0 spiro atoms. The van der Waals surface area contributed by atoms with Gasteiger partial charge in [-0.1, -0.05) is 6.07 Å². The van der Waals surface area contributed by atoms with E-state index in [1.165, 1.54) is 0 Å². The van der Waals surface area contributed by atoms with Crippen molar-refractivity contribution >= 4 is 27.5 Å². The number of hydrogen-bond acceptors (Lipinski definition) is 4. The standard InChI is InChI=1S/C18H18BrN5O2/c1-20-18(21-7-12-2-4-15-16(6-12)26-11-25-15)22-8-14-10-24-9-13(19)3-5-17(24)23-14/h2-6,9-10H,7-8,11H2,1H3,(H2,20,21,22). The molecule has 0 radical (unpaired) electrons. The molecule has 1 aliphatic rings. The van der Waals surface area contributed by atoms with E-state index in [2.05, 4.69) is 36.5 Å². The van der Waals surface area contributed by atoms with Crippen LogP contribution in [0.25, 0.3) is 5.65 Å². The highest BCUT2D eigenvalue weighted by Gasteiger charge is 2.13. The van der Waals surface area contributed by atoms with Crippen LogP contribution < -0.4 is 20.1 Å². The quantitative estimate of drug-likeness (QED) is 0.506. The zero-order valence-electron chi connectivity index (χ0n) is 14.2. The Morgan fingerprint density at radius 3 is 2.88 bits per heavy atom. The summed E-state index contributed by atoms with van der Waals surface area (Å²) in [6.07, 6.45) is 3.98. The third-order valence-electron chi connectivity index (χ3n) is 4.02. The number of hydrogen-bond donors (Lipinski definition) is 2. The van der Waals surface area contributed by atoms with E-state index in [9.17, 15) is 0 Å². The fourth-order valence-corrected chi connectivity index (χ4v) is 3.09. The first-order chi connectivity index (χ1) is 12.7. The van der Waals surface area contributed by atoms with Gasteiger partial charge in [-0.25, -0.2) is 4.98 Å². The molecule has 3 aromatic rings. The monoisotopic (exact) mass is 415 g/mol. The molecule has 2 aromatic heterocycles. The molecule has 0 atom stereocenters. The van der Waals surface area contributed by atoms with E-state index in [1.807, 2.05) is 47.1 Å². The minimum atomic E-state index is 0.283. The van der Waals surface area contributed by atoms with Crippen LogP contribution >= 0.6 is 15.9 Å². The molecule has 4 rings (SSSR count). The molecule has 7 nitrogen and oxygen atoms in total. The van der Waals surface area contributed by atoms with E-state index in [1.54, 1.807) is 7.05 Å². The molecule has 0 saturated carbocycles. The molecule has 0 saturated heterocycles. The lowest BCUT2D eigenvalue weighted by atomic mass is 10.2. The normalized spacial score (nSPS) is 13.2. The van der Waals surface area contributed by atoms with E-state index in [0.29, 0.717) is 19.0 Å². The second-order valence-electron chi connectivity index (χ2n) is 5.81. The van der Waals surface area contributed by atoms with Crippen LogP contribution in [-0.2, 0) is 13.1 Å². The van der Waals surface area contributed by atoms with Gasteiger partial charge in [-0.05, 0) is 45.8 Å². The molecule has 3 heterocycles. The molecule has 1 aliphatic heterocycles. The van der Waals surface area contributed by atoms with E-state index in [0.717, 1.165) is 32.9 Å². The van der Waals surface area contributed by atoms with Crippen LogP contribution in [0.4, 0.5) is 0 Å². The maximum atomic E-state index is 5.40. The Morgan fingerprint density at radius 1 is 1.15 bits per heavy atom. The topological polar surface area (TPSA) is 72.2 Å². The number of ether oxygens (including phenoxy) is 2. The zero-order chi connectivity index (χ0) is 17.9. The van der Waals surface area contributed by atoms with Crippen molar-refractivity contribution in [2.45, 2.75) is 13.1 Å². The maximum absolute atomic E-state index is 5.40. The smallest absolute Gasteiger partial charge is 0.231 e. The minimum Gasteiger partial charge on any atom is -0.454 e. The molecule has 0 fully saturated rings. The first-order valence-electron chi connectivity index (χ1n) is 8.17. The number of aliphatic imine (C=N–C) groups is 1. The van der Waals surface area contributed by atoms with Gasteiger partial charge in [0.2, 0.25) is 6.79 Å². The van der Waals surface area contributed by atoms with Gasteiger partial charge >= 0.3 is 0 Å². The Kier molecular flexibility index (Phi) is 4.66. The summed E-state index contributed by atoms with van der Waals surface area (Å²) < 4.78 is 13.7. The number of nitrogens with one attached hydrogen (secondary N) is 2. The van der Waals surface area contributed by atoms with Gasteiger partial charge in [-0.2, -0.15) is 0 Å². The van der Waals surface area contributed by atoms with Gasteiger partial charge in [0.25, 0.3) is 0 Å². The molecule has 8 heteroatoms. The van der Waals surface area contributed by atoms with Crippen LogP contribution in [0.15, 0.2) is 52.2 Å². The number of fused-ring (bicyclic) bond motifs is 2. The number of rotatable bonds is 4. The average molecular weight is 416 g/mol. The van der Waals surface area contributed by atoms with Crippen molar-refractivity contribution in [1.82, 2.24) is 20.0 Å². The lowest BCUT2D eigenvalue weighted by Crippen LogP contribution is -2.36. The van der Waals surface area contributed by atoms with Crippen molar-refractivity contribution in [3.63, 3.8) is 0 Å². The second kappa shape index (κ2) is 7.25. The molecule has 26 heavy (non-hydrogen) atoms. The number of guanidine groups is 1. The Labute approximate surface area is 159 Å². The minimum absolute atomic E-state index is 0.283. The molecular weight excluding hydrogens is 398 g/mol. The number of benzene rings is 1. The predicted molar refractivity (Wildman–Crippen MR) is 102 cm³/mol. The summed E-state index contributed by atoms with van der Waals surface area (Å²) in [5.74, 6) is 2.28. The van der Waals surface area contributed by atoms with Gasteiger partial charge in [-0.15, -0.1) is 0 Å². The number of imidazole rings is 1. The van der Waals surface area contributed by atoms with Crippen LogP contribution in [0.5, 0.6) is 11.5 Å². The lowest BCUT2D eigenvalue weighted by molar-refractivity contribution is 0.174. The lowest BCUT2D eigenvalue weighted by Gasteiger charge is -2.11. The van der Waals surface area contributed by atoms with Gasteiger partial charge in [-0.3, -0.25) is 4.99 Å². The van der Waals surface area contributed by atoms with Gasteiger partial charge in [0.1, 0.15) is 5.65 Å². The van der Waals surface area contributed by atoms with E-state index >= 15 is 0 Å². The van der Waals surface area contributed by atoms with E-state index in [4.69, 9.17) is 9.47 Å². The van der Waals surface area contributed by atoms with Crippen molar-refractivity contribution in [2.75, 3.05) is 13.8 Å². The molecule has 0 bridgehead atoms. The van der Waals surface area contributed by atoms with Gasteiger partial charge < -0.3 is 24.5 Å². The van der Waals surface area contributed by atoms with Crippen molar-refractivity contribution in [3.05, 3.63) is 58.5 Å². The summed E-state index contributed by atoms with van der Waals surface area (Å²) in [7, 11) is 1.75. The Morgan fingerprint density at radius 2 is 2.00 bits per heavy atom. The Hall–Kier alpha value is -2.74. The van der Waals surface area contributed by atoms with Crippen LogP contribution in [0.2, 0.25) is 0 Å². The number of halogens is 1. The fraction of sp³-hybridized carbons (Fsp3) is 0.222. The van der Waals surface area contributed by atoms with Crippen LogP contribution in [-0.4, -0.2) is 29.2 Å². The number of aromatic nitrogens is 2. The number of pyridine rings is 1. The average Bonchev–Trinajstić information content (AvgIpc) is 3.27. The van der Waals surface area contributed by atoms with Crippen LogP contribution in [0.3, 0.4) is 0 Å². The molecule has 1 aromatic carbocycles. The van der Waals surface area contributed by atoms with E-state index < -0.39 is 0 Å². The van der Waals surface area contributed by atoms with Gasteiger partial charge in [0.05, 0.1) is 12.2 Å². The fourth-order valence-electron chi connectivity index (χ4n) is 2.73. The highest BCUT2D eigenvalue weighted by Crippen LogP contribution is 2.32. The zero-order valence-corrected chi connectivity index (χ0v) is 15.8. The Bertz CT molecular complexity index is 969.